The van der Waals surface area contributed by atoms with Crippen molar-refractivity contribution >= 4 is 0 Å². The van der Waals surface area contributed by atoms with Gasteiger partial charge in [0, 0.05) is 6.42 Å². The van der Waals surface area contributed by atoms with Crippen LogP contribution in [0.5, 0.6) is 0 Å². The number of hydrogen-bond acceptors (Lipinski definition) is 1. The lowest BCUT2D eigenvalue weighted by Crippen LogP contribution is -1.97. The van der Waals surface area contributed by atoms with Crippen molar-refractivity contribution in [3.05, 3.63) is 24.3 Å². The molecule has 0 aliphatic carbocycles. The quantitative estimate of drug-likeness (QED) is 0.563. The largest absolute Gasteiger partial charge is 0.198 e. The molecule has 1 nitrogen and oxygen atoms in total. The number of nitriles is 1. The summed E-state index contributed by atoms with van der Waals surface area (Å²) in [7, 11) is 0. The fourth-order valence-electron chi connectivity index (χ4n) is 0.869. The Balaban J connectivity index is 3.91. The Labute approximate surface area is 69.0 Å². The van der Waals surface area contributed by atoms with E-state index in [-0.39, 0.29) is 0 Å². The lowest BCUT2D eigenvalue weighted by atomic mass is 9.95. The van der Waals surface area contributed by atoms with E-state index in [0.29, 0.717) is 12.3 Å². The average Bonchev–Trinajstić information content (AvgIpc) is 1.97. The normalized spacial score (nSPS) is 12.8. The second-order valence-electron chi connectivity index (χ2n) is 2.71. The van der Waals surface area contributed by atoms with Crippen LogP contribution < -0.4 is 0 Å². The molecule has 0 aliphatic heterocycles. The molecule has 1 atom stereocenters. The van der Waals surface area contributed by atoms with Crippen LogP contribution in [0, 0.1) is 17.2 Å². The van der Waals surface area contributed by atoms with Crippen LogP contribution in [-0.2, 0) is 0 Å². The molecule has 0 aliphatic rings. The van der Waals surface area contributed by atoms with E-state index in [1.807, 2.05) is 19.9 Å². The predicted octanol–water partition coefficient (Wildman–Crippen LogP) is 3.06. The fourth-order valence-corrected chi connectivity index (χ4v) is 0.869. The first-order valence-corrected chi connectivity index (χ1v) is 3.85. The first kappa shape index (κ1) is 9.97. The molecule has 0 heterocycles. The van der Waals surface area contributed by atoms with Crippen molar-refractivity contribution in [1.82, 2.24) is 0 Å². The van der Waals surface area contributed by atoms with Gasteiger partial charge in [0.05, 0.1) is 6.07 Å². The van der Waals surface area contributed by atoms with Crippen LogP contribution in [0.25, 0.3) is 0 Å². The summed E-state index contributed by atoms with van der Waals surface area (Å²) in [6.07, 6.45) is 5.61. The lowest BCUT2D eigenvalue weighted by molar-refractivity contribution is 0.642. The van der Waals surface area contributed by atoms with Crippen LogP contribution in [-0.4, -0.2) is 0 Å². The van der Waals surface area contributed by atoms with Gasteiger partial charge < -0.3 is 0 Å². The Morgan fingerprint density at radius 2 is 2.36 bits per heavy atom. The molecule has 0 radical (unpaired) electrons. The predicted molar refractivity (Wildman–Crippen MR) is 48.0 cm³/mol. The zero-order valence-corrected chi connectivity index (χ0v) is 7.30. The zero-order chi connectivity index (χ0) is 8.69. The Kier molecular flexibility index (Phi) is 5.20. The second kappa shape index (κ2) is 5.73. The highest BCUT2D eigenvalue weighted by molar-refractivity contribution is 5.02. The van der Waals surface area contributed by atoms with E-state index in [2.05, 4.69) is 18.7 Å². The highest BCUT2D eigenvalue weighted by Gasteiger charge is 2.05. The molecular weight excluding hydrogens is 134 g/mol. The molecule has 0 rings (SSSR count). The molecule has 60 valence electrons. The summed E-state index contributed by atoms with van der Waals surface area (Å²) in [4.78, 5) is 0. The van der Waals surface area contributed by atoms with Crippen LogP contribution in [0.4, 0.5) is 0 Å². The molecule has 0 fully saturated rings. The van der Waals surface area contributed by atoms with Gasteiger partial charge in [-0.2, -0.15) is 5.26 Å². The number of allylic oxidation sites excluding steroid dienone is 3. The average molecular weight is 149 g/mol. The molecule has 0 saturated carbocycles. The van der Waals surface area contributed by atoms with Gasteiger partial charge in [-0.25, -0.2) is 0 Å². The SMILES string of the molecule is C=C(C)C(CC#N)C/C=C\C. The van der Waals surface area contributed by atoms with E-state index in [1.54, 1.807) is 0 Å². The Bertz CT molecular complexity index is 184. The molecule has 0 saturated heterocycles. The van der Waals surface area contributed by atoms with Crippen LogP contribution in [0.1, 0.15) is 26.7 Å². The Hall–Kier alpha value is -1.03. The molecule has 0 aromatic rings. The third-order valence-electron chi connectivity index (χ3n) is 1.69. The molecular formula is C10H15N. The van der Waals surface area contributed by atoms with E-state index in [4.69, 9.17) is 5.26 Å². The Morgan fingerprint density at radius 1 is 1.73 bits per heavy atom. The number of hydrogen-bond donors (Lipinski definition) is 0. The summed E-state index contributed by atoms with van der Waals surface area (Å²) >= 11 is 0. The lowest BCUT2D eigenvalue weighted by Gasteiger charge is -2.09. The summed E-state index contributed by atoms with van der Waals surface area (Å²) in [5, 5.41) is 8.47. The fraction of sp³-hybridized carbons (Fsp3) is 0.500. The van der Waals surface area contributed by atoms with Gasteiger partial charge in [0.1, 0.15) is 0 Å². The van der Waals surface area contributed by atoms with Gasteiger partial charge in [-0.3, -0.25) is 0 Å². The highest BCUT2D eigenvalue weighted by Crippen LogP contribution is 2.16. The third-order valence-corrected chi connectivity index (χ3v) is 1.69. The van der Waals surface area contributed by atoms with Gasteiger partial charge in [-0.1, -0.05) is 24.3 Å². The van der Waals surface area contributed by atoms with E-state index in [0.717, 1.165) is 12.0 Å². The maximum atomic E-state index is 8.47. The highest BCUT2D eigenvalue weighted by atomic mass is 14.2. The minimum atomic E-state index is 0.344. The molecule has 0 N–H and O–H groups in total. The molecule has 1 unspecified atom stereocenters. The van der Waals surface area contributed by atoms with Crippen molar-refractivity contribution in [2.45, 2.75) is 26.7 Å². The third kappa shape index (κ3) is 4.38. The summed E-state index contributed by atoms with van der Waals surface area (Å²) in [6.45, 7) is 7.81. The van der Waals surface area contributed by atoms with Crippen LogP contribution in [0.15, 0.2) is 24.3 Å². The van der Waals surface area contributed by atoms with E-state index < -0.39 is 0 Å². The molecule has 0 aromatic carbocycles. The monoisotopic (exact) mass is 149 g/mol. The molecule has 0 aromatic heterocycles. The summed E-state index contributed by atoms with van der Waals surface area (Å²) in [5.74, 6) is 0.344. The molecule has 0 amide bonds. The number of rotatable bonds is 4. The minimum absolute atomic E-state index is 0.344. The summed E-state index contributed by atoms with van der Waals surface area (Å²) < 4.78 is 0. The summed E-state index contributed by atoms with van der Waals surface area (Å²) in [6, 6.07) is 2.16. The van der Waals surface area contributed by atoms with Gasteiger partial charge in [-0.15, -0.1) is 0 Å². The van der Waals surface area contributed by atoms with Gasteiger partial charge in [-0.05, 0) is 26.2 Å². The van der Waals surface area contributed by atoms with Crippen LogP contribution in [0.3, 0.4) is 0 Å². The molecule has 11 heavy (non-hydrogen) atoms. The van der Waals surface area contributed by atoms with Crippen molar-refractivity contribution in [2.75, 3.05) is 0 Å². The summed E-state index contributed by atoms with van der Waals surface area (Å²) in [5.41, 5.74) is 1.10. The number of nitrogens with zero attached hydrogens (tertiary/aromatic N) is 1. The topological polar surface area (TPSA) is 23.8 Å². The second-order valence-corrected chi connectivity index (χ2v) is 2.71. The smallest absolute Gasteiger partial charge is 0.0628 e. The van der Waals surface area contributed by atoms with E-state index in [1.165, 1.54) is 0 Å². The van der Waals surface area contributed by atoms with Crippen molar-refractivity contribution in [3.63, 3.8) is 0 Å². The van der Waals surface area contributed by atoms with Gasteiger partial charge >= 0.3 is 0 Å². The standard InChI is InChI=1S/C10H15N/c1-4-5-6-10(7-8-11)9(2)3/h4-5,10H,2,6-7H2,1,3H3/b5-4-. The maximum absolute atomic E-state index is 8.47. The van der Waals surface area contributed by atoms with Crippen LogP contribution >= 0.6 is 0 Å². The van der Waals surface area contributed by atoms with Crippen molar-refractivity contribution in [2.24, 2.45) is 5.92 Å². The van der Waals surface area contributed by atoms with Gasteiger partial charge in [0.2, 0.25) is 0 Å². The maximum Gasteiger partial charge on any atom is 0.0628 e. The van der Waals surface area contributed by atoms with Crippen LogP contribution in [0.2, 0.25) is 0 Å². The van der Waals surface area contributed by atoms with Crippen molar-refractivity contribution in [3.8, 4) is 6.07 Å². The van der Waals surface area contributed by atoms with Crippen molar-refractivity contribution in [1.29, 1.82) is 5.26 Å². The zero-order valence-electron chi connectivity index (χ0n) is 7.30. The van der Waals surface area contributed by atoms with Crippen molar-refractivity contribution < 1.29 is 0 Å². The molecule has 0 bridgehead atoms. The first-order chi connectivity index (χ1) is 5.22. The van der Waals surface area contributed by atoms with Gasteiger partial charge in [0.15, 0.2) is 0 Å². The minimum Gasteiger partial charge on any atom is -0.198 e. The first-order valence-electron chi connectivity index (χ1n) is 3.85. The Morgan fingerprint density at radius 3 is 2.73 bits per heavy atom. The molecule has 1 heteroatoms. The van der Waals surface area contributed by atoms with E-state index in [9.17, 15) is 0 Å². The molecule has 0 spiro atoms. The van der Waals surface area contributed by atoms with Gasteiger partial charge in [0.25, 0.3) is 0 Å². The van der Waals surface area contributed by atoms with E-state index >= 15 is 0 Å².